The van der Waals surface area contributed by atoms with Crippen LogP contribution in [0.2, 0.25) is 10.0 Å². The van der Waals surface area contributed by atoms with E-state index in [1.165, 1.54) is 11.8 Å². The van der Waals surface area contributed by atoms with Gasteiger partial charge in [-0.1, -0.05) is 41.0 Å². The summed E-state index contributed by atoms with van der Waals surface area (Å²) < 4.78 is 7.66. The Bertz CT molecular complexity index is 947. The first kappa shape index (κ1) is 20.5. The van der Waals surface area contributed by atoms with Gasteiger partial charge in [0.05, 0.1) is 5.75 Å². The number of nitrogens with one attached hydrogen (secondary N) is 1. The number of ether oxygens (including phenoxy) is 1. The summed E-state index contributed by atoms with van der Waals surface area (Å²) in [7, 11) is 0. The number of aromatic nitrogens is 3. The van der Waals surface area contributed by atoms with E-state index in [-0.39, 0.29) is 18.3 Å². The number of benzene rings is 2. The van der Waals surface area contributed by atoms with E-state index < -0.39 is 0 Å². The normalized spacial score (nSPS) is 10.7. The predicted molar refractivity (Wildman–Crippen MR) is 112 cm³/mol. The van der Waals surface area contributed by atoms with Crippen LogP contribution in [0.25, 0.3) is 0 Å². The smallest absolute Gasteiger partial charge is 0.234 e. The molecule has 0 saturated heterocycles. The number of nitrogens with zero attached hydrogens (tertiary/aromatic N) is 3. The first-order valence-electron chi connectivity index (χ1n) is 8.54. The highest BCUT2D eigenvalue weighted by molar-refractivity contribution is 7.99. The molecule has 0 aliphatic carbocycles. The molecule has 0 unspecified atom stereocenters. The van der Waals surface area contributed by atoms with Gasteiger partial charge in [0, 0.05) is 22.3 Å². The second kappa shape index (κ2) is 9.82. The molecule has 1 heterocycles. The van der Waals surface area contributed by atoms with E-state index in [2.05, 4.69) is 15.5 Å². The number of halogens is 2. The number of carbonyl (C=O) groups excluding carboxylic acids is 1. The zero-order chi connectivity index (χ0) is 19.9. The summed E-state index contributed by atoms with van der Waals surface area (Å²) in [5.41, 5.74) is 0.659. The number of anilines is 1. The van der Waals surface area contributed by atoms with Crippen molar-refractivity contribution in [2.24, 2.45) is 0 Å². The maximum absolute atomic E-state index is 12.2. The van der Waals surface area contributed by atoms with Gasteiger partial charge in [-0.15, -0.1) is 10.2 Å². The van der Waals surface area contributed by atoms with Crippen molar-refractivity contribution in [1.29, 1.82) is 0 Å². The van der Waals surface area contributed by atoms with Crippen molar-refractivity contribution >= 4 is 46.6 Å². The van der Waals surface area contributed by atoms with Crippen LogP contribution in [-0.2, 0) is 17.9 Å². The number of hydrogen-bond acceptors (Lipinski definition) is 5. The molecule has 0 spiro atoms. The summed E-state index contributed by atoms with van der Waals surface area (Å²) >= 11 is 13.1. The van der Waals surface area contributed by atoms with Crippen LogP contribution in [0.15, 0.2) is 53.7 Å². The maximum Gasteiger partial charge on any atom is 0.234 e. The first-order chi connectivity index (χ1) is 13.5. The average molecular weight is 437 g/mol. The van der Waals surface area contributed by atoms with E-state index in [1.807, 2.05) is 11.5 Å². The molecule has 0 aliphatic heterocycles. The van der Waals surface area contributed by atoms with Crippen LogP contribution in [-0.4, -0.2) is 26.4 Å². The van der Waals surface area contributed by atoms with Crippen LogP contribution in [0, 0.1) is 0 Å². The predicted octanol–water partition coefficient (Wildman–Crippen LogP) is 4.91. The van der Waals surface area contributed by atoms with E-state index in [4.69, 9.17) is 27.9 Å². The molecule has 0 fully saturated rings. The van der Waals surface area contributed by atoms with Gasteiger partial charge in [-0.3, -0.25) is 4.79 Å². The van der Waals surface area contributed by atoms with E-state index >= 15 is 0 Å². The van der Waals surface area contributed by atoms with Gasteiger partial charge in [0.2, 0.25) is 5.91 Å². The van der Waals surface area contributed by atoms with Gasteiger partial charge >= 0.3 is 0 Å². The second-order valence-corrected chi connectivity index (χ2v) is 7.55. The lowest BCUT2D eigenvalue weighted by molar-refractivity contribution is -0.113. The standard InChI is InChI=1S/C19H18Cl2N4O2S/c1-2-25-17(11-27-16-8-6-13(20)7-9-16)23-24-19(25)28-12-18(26)22-15-5-3-4-14(21)10-15/h3-10H,2,11-12H2,1H3,(H,22,26). The molecule has 1 amide bonds. The Morgan fingerprint density at radius 2 is 1.93 bits per heavy atom. The minimum absolute atomic E-state index is 0.142. The fourth-order valence-electron chi connectivity index (χ4n) is 2.42. The van der Waals surface area contributed by atoms with Gasteiger partial charge in [-0.2, -0.15) is 0 Å². The number of thioether (sulfide) groups is 1. The van der Waals surface area contributed by atoms with E-state index in [9.17, 15) is 4.79 Å². The molecule has 0 aliphatic rings. The number of carbonyl (C=O) groups is 1. The van der Waals surface area contributed by atoms with Gasteiger partial charge in [-0.05, 0) is 49.4 Å². The SMILES string of the molecule is CCn1c(COc2ccc(Cl)cc2)nnc1SCC(=O)Nc1cccc(Cl)c1. The van der Waals surface area contributed by atoms with Crippen LogP contribution in [0.5, 0.6) is 5.75 Å². The molecule has 2 aromatic carbocycles. The number of rotatable bonds is 8. The summed E-state index contributed by atoms with van der Waals surface area (Å²) in [6, 6.07) is 14.1. The Balaban J connectivity index is 1.57. The lowest BCUT2D eigenvalue weighted by Crippen LogP contribution is -2.14. The van der Waals surface area contributed by atoms with Crippen LogP contribution < -0.4 is 10.1 Å². The van der Waals surface area contributed by atoms with Gasteiger partial charge in [0.25, 0.3) is 0 Å². The van der Waals surface area contributed by atoms with Crippen molar-refractivity contribution in [3.05, 3.63) is 64.4 Å². The molecule has 146 valence electrons. The molecule has 9 heteroatoms. The van der Waals surface area contributed by atoms with Crippen molar-refractivity contribution in [3.8, 4) is 5.75 Å². The van der Waals surface area contributed by atoms with Crippen molar-refractivity contribution in [1.82, 2.24) is 14.8 Å². The summed E-state index contributed by atoms with van der Waals surface area (Å²) in [5.74, 6) is 1.46. The Labute approximate surface area is 177 Å². The van der Waals surface area contributed by atoms with Crippen LogP contribution in [0.1, 0.15) is 12.7 Å². The molecule has 1 N–H and O–H groups in total. The molecular weight excluding hydrogens is 419 g/mol. The lowest BCUT2D eigenvalue weighted by atomic mass is 10.3. The summed E-state index contributed by atoms with van der Waals surface area (Å²) in [6.45, 7) is 2.94. The Morgan fingerprint density at radius 3 is 2.64 bits per heavy atom. The Hall–Kier alpha value is -2.22. The van der Waals surface area contributed by atoms with Crippen LogP contribution >= 0.6 is 35.0 Å². The number of amides is 1. The Kier molecular flexibility index (Phi) is 7.19. The molecule has 0 bridgehead atoms. The topological polar surface area (TPSA) is 69.0 Å². The zero-order valence-electron chi connectivity index (χ0n) is 15.1. The third-order valence-electron chi connectivity index (χ3n) is 3.73. The molecule has 6 nitrogen and oxygen atoms in total. The van der Waals surface area contributed by atoms with E-state index in [0.717, 1.165) is 0 Å². The summed E-state index contributed by atoms with van der Waals surface area (Å²) in [6.07, 6.45) is 0. The fraction of sp³-hybridized carbons (Fsp3) is 0.211. The fourth-order valence-corrected chi connectivity index (χ4v) is 3.56. The largest absolute Gasteiger partial charge is 0.486 e. The van der Waals surface area contributed by atoms with Gasteiger partial charge in [-0.25, -0.2) is 0 Å². The summed E-state index contributed by atoms with van der Waals surface area (Å²) in [4.78, 5) is 12.2. The van der Waals surface area contributed by atoms with Crippen molar-refractivity contribution in [2.45, 2.75) is 25.2 Å². The van der Waals surface area contributed by atoms with Crippen molar-refractivity contribution < 1.29 is 9.53 Å². The van der Waals surface area contributed by atoms with Crippen molar-refractivity contribution in [3.63, 3.8) is 0 Å². The van der Waals surface area contributed by atoms with Gasteiger partial charge in [0.15, 0.2) is 11.0 Å². The van der Waals surface area contributed by atoms with Crippen LogP contribution in [0.3, 0.4) is 0 Å². The third kappa shape index (κ3) is 5.64. The molecule has 3 rings (SSSR count). The molecular formula is C19H18Cl2N4O2S. The number of hydrogen-bond donors (Lipinski definition) is 1. The quantitative estimate of drug-likeness (QED) is 0.507. The minimum Gasteiger partial charge on any atom is -0.486 e. The zero-order valence-corrected chi connectivity index (χ0v) is 17.4. The van der Waals surface area contributed by atoms with E-state index in [0.29, 0.717) is 39.0 Å². The highest BCUT2D eigenvalue weighted by Gasteiger charge is 2.14. The summed E-state index contributed by atoms with van der Waals surface area (Å²) in [5, 5.41) is 13.1. The van der Waals surface area contributed by atoms with Gasteiger partial charge < -0.3 is 14.6 Å². The molecule has 28 heavy (non-hydrogen) atoms. The van der Waals surface area contributed by atoms with Gasteiger partial charge in [0.1, 0.15) is 12.4 Å². The Morgan fingerprint density at radius 1 is 1.14 bits per heavy atom. The molecule has 1 aromatic heterocycles. The second-order valence-electron chi connectivity index (χ2n) is 5.73. The van der Waals surface area contributed by atoms with Crippen molar-refractivity contribution in [2.75, 3.05) is 11.1 Å². The van der Waals surface area contributed by atoms with Crippen LogP contribution in [0.4, 0.5) is 5.69 Å². The minimum atomic E-state index is -0.142. The maximum atomic E-state index is 12.2. The highest BCUT2D eigenvalue weighted by Crippen LogP contribution is 2.21. The molecule has 0 radical (unpaired) electrons. The molecule has 3 aromatic rings. The first-order valence-corrected chi connectivity index (χ1v) is 10.3. The monoisotopic (exact) mass is 436 g/mol. The lowest BCUT2D eigenvalue weighted by Gasteiger charge is -2.09. The molecule has 0 atom stereocenters. The van der Waals surface area contributed by atoms with E-state index in [1.54, 1.807) is 48.5 Å². The molecule has 0 saturated carbocycles. The highest BCUT2D eigenvalue weighted by atomic mass is 35.5. The average Bonchev–Trinajstić information content (AvgIpc) is 3.08. The third-order valence-corrected chi connectivity index (χ3v) is 5.19.